The van der Waals surface area contributed by atoms with Crippen LogP contribution in [0.2, 0.25) is 0 Å². The van der Waals surface area contributed by atoms with Crippen LogP contribution in [-0.2, 0) is 4.74 Å². The molecule has 1 saturated heterocycles. The quantitative estimate of drug-likeness (QED) is 0.568. The summed E-state index contributed by atoms with van der Waals surface area (Å²) in [6.45, 7) is 0.799. The van der Waals surface area contributed by atoms with Crippen LogP contribution in [0.5, 0.6) is 0 Å². The molecule has 1 spiro atoms. The van der Waals surface area contributed by atoms with E-state index in [0.29, 0.717) is 6.10 Å². The zero-order valence-electron chi connectivity index (χ0n) is 13.0. The van der Waals surface area contributed by atoms with Crippen LogP contribution in [0.25, 0.3) is 0 Å². The van der Waals surface area contributed by atoms with Crippen molar-refractivity contribution in [2.45, 2.75) is 56.7 Å². The highest BCUT2D eigenvalue weighted by Crippen LogP contribution is 2.41. The molecule has 1 saturated carbocycles. The molecule has 1 unspecified atom stereocenters. The Morgan fingerprint density at radius 1 is 1.05 bits per heavy atom. The van der Waals surface area contributed by atoms with Gasteiger partial charge in [-0.25, -0.2) is 0 Å². The van der Waals surface area contributed by atoms with Gasteiger partial charge in [0, 0.05) is 28.2 Å². The Bertz CT molecular complexity index is 309. The molecule has 0 aromatic rings. The van der Waals surface area contributed by atoms with Crippen molar-refractivity contribution in [3.63, 3.8) is 0 Å². The maximum absolute atomic E-state index is 6.36. The van der Waals surface area contributed by atoms with Crippen LogP contribution in [-0.4, -0.2) is 62.2 Å². The molecule has 0 bridgehead atoms. The van der Waals surface area contributed by atoms with Crippen LogP contribution in [0.1, 0.15) is 44.9 Å². The normalized spacial score (nSPS) is 25.4. The van der Waals surface area contributed by atoms with Crippen LogP contribution in [0.3, 0.4) is 0 Å². The van der Waals surface area contributed by atoms with E-state index in [2.05, 4.69) is 9.80 Å². The molecule has 19 heavy (non-hydrogen) atoms. The standard InChI is InChI=1S/C15H29N3O/c1-17(2)14(18(3)4)16-12-13-8-11-15(19-13)9-6-5-7-10-15/h13H,5-12H2,1-4H3. The maximum Gasteiger partial charge on any atom is 0.195 e. The lowest BCUT2D eigenvalue weighted by Gasteiger charge is -2.33. The van der Waals surface area contributed by atoms with E-state index in [0.717, 1.165) is 12.5 Å². The van der Waals surface area contributed by atoms with Gasteiger partial charge in [0.1, 0.15) is 0 Å². The molecule has 0 N–H and O–H groups in total. The Labute approximate surface area is 117 Å². The zero-order valence-corrected chi connectivity index (χ0v) is 13.0. The van der Waals surface area contributed by atoms with E-state index in [9.17, 15) is 0 Å². The number of rotatable bonds is 2. The maximum atomic E-state index is 6.36. The summed E-state index contributed by atoms with van der Waals surface area (Å²) in [5, 5.41) is 0. The van der Waals surface area contributed by atoms with E-state index < -0.39 is 0 Å². The van der Waals surface area contributed by atoms with Gasteiger partial charge in [0.2, 0.25) is 0 Å². The van der Waals surface area contributed by atoms with Crippen molar-refractivity contribution in [1.29, 1.82) is 0 Å². The molecule has 4 nitrogen and oxygen atoms in total. The van der Waals surface area contributed by atoms with Gasteiger partial charge in [-0.15, -0.1) is 0 Å². The van der Waals surface area contributed by atoms with E-state index in [-0.39, 0.29) is 5.60 Å². The fourth-order valence-electron chi connectivity index (χ4n) is 3.45. The van der Waals surface area contributed by atoms with Gasteiger partial charge in [-0.3, -0.25) is 4.99 Å². The summed E-state index contributed by atoms with van der Waals surface area (Å²) in [7, 11) is 8.15. The molecule has 1 aliphatic carbocycles. The third-order valence-electron chi connectivity index (χ3n) is 4.34. The smallest absolute Gasteiger partial charge is 0.195 e. The zero-order chi connectivity index (χ0) is 13.9. The second-order valence-corrected chi connectivity index (χ2v) is 6.45. The lowest BCUT2D eigenvalue weighted by Crippen LogP contribution is -2.36. The monoisotopic (exact) mass is 267 g/mol. The minimum atomic E-state index is 0.217. The summed E-state index contributed by atoms with van der Waals surface area (Å²) in [6.07, 6.45) is 9.35. The van der Waals surface area contributed by atoms with Crippen LogP contribution in [0, 0.1) is 0 Å². The molecule has 0 amide bonds. The highest BCUT2D eigenvalue weighted by atomic mass is 16.5. The highest BCUT2D eigenvalue weighted by molar-refractivity contribution is 5.79. The first kappa shape index (κ1) is 14.6. The van der Waals surface area contributed by atoms with Gasteiger partial charge in [0.15, 0.2) is 5.96 Å². The third kappa shape index (κ3) is 3.62. The number of hydrogen-bond acceptors (Lipinski definition) is 2. The minimum Gasteiger partial charge on any atom is -0.370 e. The summed E-state index contributed by atoms with van der Waals surface area (Å²) in [5.74, 6) is 1.02. The van der Waals surface area contributed by atoms with Gasteiger partial charge in [-0.2, -0.15) is 0 Å². The van der Waals surface area contributed by atoms with E-state index in [4.69, 9.17) is 9.73 Å². The summed E-state index contributed by atoms with van der Waals surface area (Å²) < 4.78 is 6.36. The van der Waals surface area contributed by atoms with E-state index in [1.807, 2.05) is 28.2 Å². The summed E-state index contributed by atoms with van der Waals surface area (Å²) in [6, 6.07) is 0. The molecule has 1 aliphatic heterocycles. The molecule has 2 aliphatic rings. The van der Waals surface area contributed by atoms with Crippen molar-refractivity contribution in [2.75, 3.05) is 34.7 Å². The second kappa shape index (κ2) is 6.12. The number of guanidine groups is 1. The summed E-state index contributed by atoms with van der Waals surface area (Å²) in [4.78, 5) is 8.85. The minimum absolute atomic E-state index is 0.217. The number of ether oxygens (including phenoxy) is 1. The Morgan fingerprint density at radius 2 is 1.68 bits per heavy atom. The van der Waals surface area contributed by atoms with Gasteiger partial charge >= 0.3 is 0 Å². The Morgan fingerprint density at radius 3 is 2.26 bits per heavy atom. The average molecular weight is 267 g/mol. The van der Waals surface area contributed by atoms with E-state index >= 15 is 0 Å². The molecule has 0 aromatic heterocycles. The second-order valence-electron chi connectivity index (χ2n) is 6.45. The largest absolute Gasteiger partial charge is 0.370 e. The molecule has 110 valence electrons. The molecule has 0 radical (unpaired) electrons. The molecular weight excluding hydrogens is 238 g/mol. The number of aliphatic imine (C=N–C) groups is 1. The Hall–Kier alpha value is -0.770. The molecule has 2 rings (SSSR count). The fraction of sp³-hybridized carbons (Fsp3) is 0.933. The molecule has 0 aromatic carbocycles. The third-order valence-corrected chi connectivity index (χ3v) is 4.34. The van der Waals surface area contributed by atoms with Crippen LogP contribution in [0.15, 0.2) is 4.99 Å². The van der Waals surface area contributed by atoms with E-state index in [1.54, 1.807) is 0 Å². The molecular formula is C15H29N3O. The lowest BCUT2D eigenvalue weighted by molar-refractivity contribution is -0.0599. The lowest BCUT2D eigenvalue weighted by atomic mass is 9.83. The molecule has 4 heteroatoms. The van der Waals surface area contributed by atoms with Crippen molar-refractivity contribution < 1.29 is 4.74 Å². The number of hydrogen-bond donors (Lipinski definition) is 0. The van der Waals surface area contributed by atoms with Crippen LogP contribution in [0.4, 0.5) is 0 Å². The first-order valence-electron chi connectivity index (χ1n) is 7.59. The average Bonchev–Trinajstić information content (AvgIpc) is 2.72. The van der Waals surface area contributed by atoms with Gasteiger partial charge < -0.3 is 14.5 Å². The topological polar surface area (TPSA) is 28.1 Å². The predicted molar refractivity (Wildman–Crippen MR) is 79.6 cm³/mol. The molecule has 1 heterocycles. The van der Waals surface area contributed by atoms with Gasteiger partial charge in [0.25, 0.3) is 0 Å². The van der Waals surface area contributed by atoms with Crippen molar-refractivity contribution in [1.82, 2.24) is 9.80 Å². The molecule has 2 fully saturated rings. The van der Waals surface area contributed by atoms with E-state index in [1.165, 1.54) is 44.9 Å². The number of nitrogens with zero attached hydrogens (tertiary/aromatic N) is 3. The van der Waals surface area contributed by atoms with Crippen molar-refractivity contribution >= 4 is 5.96 Å². The molecule has 1 atom stereocenters. The SMILES string of the molecule is CN(C)C(=NCC1CCC2(CCCCC2)O1)N(C)C. The predicted octanol–water partition coefficient (Wildman–Crippen LogP) is 2.35. The summed E-state index contributed by atoms with van der Waals surface area (Å²) >= 11 is 0. The Balaban J connectivity index is 1.89. The fourth-order valence-corrected chi connectivity index (χ4v) is 3.45. The Kier molecular flexibility index (Phi) is 4.71. The van der Waals surface area contributed by atoms with Gasteiger partial charge in [-0.05, 0) is 25.7 Å². The van der Waals surface area contributed by atoms with Gasteiger partial charge in [0.05, 0.1) is 18.2 Å². The van der Waals surface area contributed by atoms with Crippen molar-refractivity contribution in [3.8, 4) is 0 Å². The van der Waals surface area contributed by atoms with Crippen molar-refractivity contribution in [2.24, 2.45) is 4.99 Å². The van der Waals surface area contributed by atoms with Crippen LogP contribution < -0.4 is 0 Å². The first-order valence-corrected chi connectivity index (χ1v) is 7.59. The van der Waals surface area contributed by atoms with Gasteiger partial charge in [-0.1, -0.05) is 19.3 Å². The summed E-state index contributed by atoms with van der Waals surface area (Å²) in [5.41, 5.74) is 0.217. The first-order chi connectivity index (χ1) is 9.02. The van der Waals surface area contributed by atoms with Crippen molar-refractivity contribution in [3.05, 3.63) is 0 Å². The highest BCUT2D eigenvalue weighted by Gasteiger charge is 2.40. The van der Waals surface area contributed by atoms with Crippen LogP contribution >= 0.6 is 0 Å².